The number of rotatable bonds is 3. The Bertz CT molecular complexity index is 1110. The van der Waals surface area contributed by atoms with E-state index in [1.54, 1.807) is 6.20 Å². The molecule has 1 aliphatic rings. The average molecular weight is 376 g/mol. The second kappa shape index (κ2) is 6.90. The van der Waals surface area contributed by atoms with Crippen molar-refractivity contribution < 1.29 is 2.85 Å². The number of nitrogens with two attached hydrogens (primary N) is 1. The van der Waals surface area contributed by atoms with Gasteiger partial charge in [0.05, 0.1) is 22.9 Å². The largest absolute Gasteiger partial charge is 0.382 e. The lowest BCUT2D eigenvalue weighted by Crippen LogP contribution is -2.43. The van der Waals surface area contributed by atoms with Crippen LogP contribution in [0.2, 0.25) is 0 Å². The molecule has 0 radical (unpaired) electrons. The number of para-hydroxylation sites is 2. The normalized spacial score (nSPS) is 14.5. The number of pyridine rings is 1. The minimum Gasteiger partial charge on any atom is -0.382 e. The van der Waals surface area contributed by atoms with Gasteiger partial charge in [0, 0.05) is 40.8 Å². The summed E-state index contributed by atoms with van der Waals surface area (Å²) < 4.78 is 0. The summed E-state index contributed by atoms with van der Waals surface area (Å²) in [4.78, 5) is 23.8. The number of aromatic amines is 1. The van der Waals surface area contributed by atoms with Gasteiger partial charge in [0.15, 0.2) is 11.6 Å². The number of hydrogen-bond acceptors (Lipinski definition) is 7. The van der Waals surface area contributed by atoms with Crippen LogP contribution < -0.4 is 16.0 Å². The first-order chi connectivity index (χ1) is 13.8. The van der Waals surface area contributed by atoms with Crippen molar-refractivity contribution in [3.63, 3.8) is 0 Å². The molecule has 4 heterocycles. The summed E-state index contributed by atoms with van der Waals surface area (Å²) in [5.74, 6) is 1.91. The van der Waals surface area contributed by atoms with Crippen molar-refractivity contribution in [1.82, 2.24) is 30.2 Å². The van der Waals surface area contributed by atoms with Crippen LogP contribution >= 0.6 is 0 Å². The molecule has 0 bridgehead atoms. The van der Waals surface area contributed by atoms with Crippen molar-refractivity contribution in [2.24, 2.45) is 0 Å². The van der Waals surface area contributed by atoms with E-state index in [9.17, 15) is 0 Å². The third-order valence-electron chi connectivity index (χ3n) is 4.90. The number of nitrogens with zero attached hydrogens (tertiary/aromatic N) is 5. The van der Waals surface area contributed by atoms with Gasteiger partial charge >= 0.3 is 0 Å². The number of H-pyrrole nitrogens is 1. The van der Waals surface area contributed by atoms with E-state index >= 15 is 0 Å². The second-order valence-electron chi connectivity index (χ2n) is 6.73. The fourth-order valence-electron chi connectivity index (χ4n) is 3.42. The van der Waals surface area contributed by atoms with Gasteiger partial charge in [-0.2, -0.15) is 0 Å². The molecule has 1 fully saturated rings. The number of nitrogens with one attached hydrogen (secondary N) is 2. The number of piperazine rings is 1. The van der Waals surface area contributed by atoms with Gasteiger partial charge in [-0.1, -0.05) is 12.1 Å². The number of imidazole rings is 1. The fourth-order valence-corrected chi connectivity index (χ4v) is 3.42. The molecule has 0 amide bonds. The number of anilines is 2. The van der Waals surface area contributed by atoms with E-state index in [4.69, 9.17) is 10.7 Å². The van der Waals surface area contributed by atoms with Crippen LogP contribution in [0.25, 0.3) is 33.8 Å². The molecule has 1 aliphatic heterocycles. The van der Waals surface area contributed by atoms with Crippen LogP contribution in [0.4, 0.5) is 11.6 Å². The molecule has 5 rings (SSSR count). The van der Waals surface area contributed by atoms with E-state index in [0.717, 1.165) is 54.3 Å². The molecule has 0 saturated carbocycles. The van der Waals surface area contributed by atoms with Gasteiger partial charge in [-0.3, -0.25) is 0 Å². The smallest absolute Gasteiger partial charge is 0.161 e. The van der Waals surface area contributed by atoms with Gasteiger partial charge in [-0.05, 0) is 24.3 Å². The van der Waals surface area contributed by atoms with Crippen molar-refractivity contribution in [2.45, 2.75) is 0 Å². The van der Waals surface area contributed by atoms with Gasteiger partial charge in [0.25, 0.3) is 0 Å². The Hall–Kier alpha value is -3.52. The standard InChI is InChI=1S/C20H20N8.2H2/c21-19-18(20-26-14-3-1-2-4-15(14)27-20)25-16(12-24-19)13-5-6-23-17(11-13)28-9-7-22-8-10-28;;/h1-6,11-12,22H,7-10H2,(H2,21,24)(H,26,27);2*1H. The van der Waals surface area contributed by atoms with Crippen LogP contribution in [0.1, 0.15) is 2.85 Å². The molecular weight excluding hydrogens is 352 g/mol. The predicted molar refractivity (Wildman–Crippen MR) is 114 cm³/mol. The molecule has 0 spiro atoms. The van der Waals surface area contributed by atoms with Crippen LogP contribution in [-0.2, 0) is 0 Å². The van der Waals surface area contributed by atoms with Gasteiger partial charge in [0.1, 0.15) is 11.5 Å². The second-order valence-corrected chi connectivity index (χ2v) is 6.73. The molecule has 8 heteroatoms. The summed E-state index contributed by atoms with van der Waals surface area (Å²) in [6.07, 6.45) is 3.50. The van der Waals surface area contributed by atoms with Crippen molar-refractivity contribution in [1.29, 1.82) is 0 Å². The highest BCUT2D eigenvalue weighted by molar-refractivity contribution is 5.81. The van der Waals surface area contributed by atoms with Crippen LogP contribution in [-0.4, -0.2) is 51.1 Å². The minimum absolute atomic E-state index is 0. The molecule has 0 unspecified atom stereocenters. The van der Waals surface area contributed by atoms with Gasteiger partial charge < -0.3 is 20.9 Å². The van der Waals surface area contributed by atoms with E-state index in [1.807, 2.05) is 42.6 Å². The van der Waals surface area contributed by atoms with Crippen LogP contribution in [0.5, 0.6) is 0 Å². The number of nitrogen functional groups attached to an aromatic ring is 1. The first-order valence-corrected chi connectivity index (χ1v) is 9.28. The summed E-state index contributed by atoms with van der Waals surface area (Å²) in [5.41, 5.74) is 10.2. The number of fused-ring (bicyclic) bond motifs is 1. The molecule has 144 valence electrons. The summed E-state index contributed by atoms with van der Waals surface area (Å²) in [6.45, 7) is 3.80. The maximum absolute atomic E-state index is 6.11. The lowest BCUT2D eigenvalue weighted by Gasteiger charge is -2.28. The molecule has 28 heavy (non-hydrogen) atoms. The van der Waals surface area contributed by atoms with Gasteiger partial charge in [-0.25, -0.2) is 19.9 Å². The molecule has 3 aromatic heterocycles. The van der Waals surface area contributed by atoms with Crippen LogP contribution in [0.3, 0.4) is 0 Å². The summed E-state index contributed by atoms with van der Waals surface area (Å²) in [7, 11) is 0. The van der Waals surface area contributed by atoms with Crippen LogP contribution in [0.15, 0.2) is 48.8 Å². The van der Waals surface area contributed by atoms with Crippen molar-refractivity contribution in [3.05, 3.63) is 48.8 Å². The van der Waals surface area contributed by atoms with E-state index in [2.05, 4.69) is 30.2 Å². The molecule has 0 atom stereocenters. The zero-order valence-corrected chi connectivity index (χ0v) is 15.3. The Balaban J connectivity index is 0.00000128. The quantitative estimate of drug-likeness (QED) is 0.504. The molecule has 0 aliphatic carbocycles. The third kappa shape index (κ3) is 3.03. The molecule has 8 nitrogen and oxygen atoms in total. The third-order valence-corrected chi connectivity index (χ3v) is 4.90. The van der Waals surface area contributed by atoms with E-state index in [1.165, 1.54) is 0 Å². The van der Waals surface area contributed by atoms with E-state index in [-0.39, 0.29) is 2.85 Å². The lowest BCUT2D eigenvalue weighted by atomic mass is 10.2. The Kier molecular flexibility index (Phi) is 4.10. The highest BCUT2D eigenvalue weighted by Crippen LogP contribution is 2.27. The monoisotopic (exact) mass is 376 g/mol. The first-order valence-electron chi connectivity index (χ1n) is 9.28. The summed E-state index contributed by atoms with van der Waals surface area (Å²) in [5, 5.41) is 3.36. The van der Waals surface area contributed by atoms with Crippen molar-refractivity contribution >= 4 is 22.7 Å². The Morgan fingerprint density at radius 3 is 2.75 bits per heavy atom. The maximum Gasteiger partial charge on any atom is 0.161 e. The Labute approximate surface area is 164 Å². The topological polar surface area (TPSA) is 109 Å². The highest BCUT2D eigenvalue weighted by Gasteiger charge is 2.15. The Morgan fingerprint density at radius 2 is 1.89 bits per heavy atom. The number of hydrogen-bond donors (Lipinski definition) is 3. The average Bonchev–Trinajstić information content (AvgIpc) is 3.19. The van der Waals surface area contributed by atoms with Crippen LogP contribution in [0, 0.1) is 0 Å². The summed E-state index contributed by atoms with van der Waals surface area (Å²) in [6, 6.07) is 11.8. The SMILES string of the molecule is Nc1ncc(-c2ccnc(N3CCNCC3)c2)nc1-c1nc2ccccc2[nH]1.[HH].[HH]. The molecule has 4 N–H and O–H groups in total. The molecule has 1 aromatic carbocycles. The van der Waals surface area contributed by atoms with Gasteiger partial charge in [-0.15, -0.1) is 0 Å². The van der Waals surface area contributed by atoms with Crippen molar-refractivity contribution in [2.75, 3.05) is 36.8 Å². The summed E-state index contributed by atoms with van der Waals surface area (Å²) >= 11 is 0. The van der Waals surface area contributed by atoms with E-state index in [0.29, 0.717) is 17.3 Å². The fraction of sp³-hybridized carbons (Fsp3) is 0.200. The minimum atomic E-state index is 0. The number of aromatic nitrogens is 5. The van der Waals surface area contributed by atoms with Crippen molar-refractivity contribution in [3.8, 4) is 22.8 Å². The van der Waals surface area contributed by atoms with E-state index < -0.39 is 0 Å². The zero-order valence-electron chi connectivity index (χ0n) is 15.3. The van der Waals surface area contributed by atoms with Gasteiger partial charge in [0.2, 0.25) is 0 Å². The predicted octanol–water partition coefficient (Wildman–Crippen LogP) is 2.57. The molecule has 4 aromatic rings. The zero-order chi connectivity index (χ0) is 18.9. The molecule has 1 saturated heterocycles. The first kappa shape index (κ1) is 16.6. The Morgan fingerprint density at radius 1 is 1.04 bits per heavy atom. The lowest BCUT2D eigenvalue weighted by molar-refractivity contribution is 0.585. The highest BCUT2D eigenvalue weighted by atomic mass is 15.2. The maximum atomic E-state index is 6.11. The number of benzene rings is 1. The molecular formula is C20H24N8.